The van der Waals surface area contributed by atoms with Crippen LogP contribution < -0.4 is 10.3 Å². The van der Waals surface area contributed by atoms with Crippen molar-refractivity contribution in [3.8, 4) is 11.3 Å². The number of hydrogen-bond acceptors (Lipinski definition) is 9. The number of esters is 1. The van der Waals surface area contributed by atoms with Crippen LogP contribution in [-0.2, 0) is 19.1 Å². The van der Waals surface area contributed by atoms with E-state index in [9.17, 15) is 24.5 Å². The van der Waals surface area contributed by atoms with Crippen molar-refractivity contribution >= 4 is 51.3 Å². The molecule has 0 fully saturated rings. The van der Waals surface area contributed by atoms with E-state index in [4.69, 9.17) is 4.74 Å². The second-order valence-electron chi connectivity index (χ2n) is 7.47. The van der Waals surface area contributed by atoms with Crippen LogP contribution in [0.4, 0.5) is 16.5 Å². The number of rotatable bonds is 7. The normalized spacial score (nSPS) is 14.1. The molecule has 0 saturated heterocycles. The molecule has 2 heterocycles. The van der Waals surface area contributed by atoms with E-state index in [1.54, 1.807) is 47.8 Å². The van der Waals surface area contributed by atoms with Gasteiger partial charge in [-0.15, -0.1) is 11.3 Å². The van der Waals surface area contributed by atoms with E-state index < -0.39 is 22.9 Å². The lowest BCUT2D eigenvalue weighted by atomic mass is 10.1. The number of non-ortho nitro benzene ring substituents is 1. The van der Waals surface area contributed by atoms with Crippen molar-refractivity contribution < 1.29 is 24.0 Å². The summed E-state index contributed by atoms with van der Waals surface area (Å²) in [4.78, 5) is 52.1. The fourth-order valence-corrected chi connectivity index (χ4v) is 3.93. The van der Waals surface area contributed by atoms with Crippen molar-refractivity contribution in [2.75, 3.05) is 10.3 Å². The summed E-state index contributed by atoms with van der Waals surface area (Å²) in [5.41, 5.74) is 1.48. The van der Waals surface area contributed by atoms with Gasteiger partial charge in [0, 0.05) is 35.9 Å². The van der Waals surface area contributed by atoms with Crippen molar-refractivity contribution in [1.29, 1.82) is 0 Å². The van der Waals surface area contributed by atoms with E-state index in [1.165, 1.54) is 19.1 Å². The fraction of sp³-hybridized carbons (Fsp3) is 0.174. The Hall–Kier alpha value is -4.45. The van der Waals surface area contributed by atoms with Gasteiger partial charge in [-0.1, -0.05) is 30.3 Å². The summed E-state index contributed by atoms with van der Waals surface area (Å²) in [6.45, 7) is 1.41. The molecule has 1 N–H and O–H groups in total. The number of ether oxygens (including phenoxy) is 1. The van der Waals surface area contributed by atoms with Crippen LogP contribution in [0.5, 0.6) is 0 Å². The maximum atomic E-state index is 12.6. The van der Waals surface area contributed by atoms with Crippen LogP contribution in [0.1, 0.15) is 19.8 Å². The summed E-state index contributed by atoms with van der Waals surface area (Å²) in [6, 6.07) is 14.7. The first-order valence-electron chi connectivity index (χ1n) is 10.5. The Morgan fingerprint density at radius 3 is 2.69 bits per heavy atom. The average Bonchev–Trinajstić information content (AvgIpc) is 3.33. The number of carbonyl (C=O) groups is 3. The summed E-state index contributed by atoms with van der Waals surface area (Å²) >= 11 is 1.13. The molecule has 0 aliphatic carbocycles. The number of aromatic nitrogens is 1. The lowest BCUT2D eigenvalue weighted by Gasteiger charge is -2.23. The first kappa shape index (κ1) is 23.7. The summed E-state index contributed by atoms with van der Waals surface area (Å²) in [5.74, 6) is -1.65. The third kappa shape index (κ3) is 5.55. The smallest absolute Gasteiger partial charge is 0.355 e. The third-order valence-electron chi connectivity index (χ3n) is 5.01. The molecule has 1 aliphatic rings. The minimum Gasteiger partial charge on any atom is -0.448 e. The number of nitrogens with one attached hydrogen (secondary N) is 1. The number of nitro groups is 1. The molecule has 12 heteroatoms. The molecule has 1 atom stereocenters. The van der Waals surface area contributed by atoms with Crippen molar-refractivity contribution in [2.24, 2.45) is 5.10 Å². The Balaban J connectivity index is 1.39. The molecule has 11 nitrogen and oxygen atoms in total. The lowest BCUT2D eigenvalue weighted by Crippen LogP contribution is -2.37. The van der Waals surface area contributed by atoms with Crippen molar-refractivity contribution in [3.05, 3.63) is 70.1 Å². The van der Waals surface area contributed by atoms with Gasteiger partial charge in [-0.3, -0.25) is 25.0 Å². The van der Waals surface area contributed by atoms with Crippen LogP contribution >= 0.6 is 11.3 Å². The minimum absolute atomic E-state index is 0.0373. The molecular formula is C23H19N5O6S. The maximum absolute atomic E-state index is 12.6. The van der Waals surface area contributed by atoms with Gasteiger partial charge in [0.25, 0.3) is 11.6 Å². The SMILES string of the molecule is CC(OC(=O)C1=NN(c2ccccc2)C(=O)CC1)C(=O)Nc1nc(-c2cccc([N+](=O)[O-])c2)cs1. The zero-order valence-electron chi connectivity index (χ0n) is 18.4. The largest absolute Gasteiger partial charge is 0.448 e. The summed E-state index contributed by atoms with van der Waals surface area (Å²) in [6.07, 6.45) is -0.963. The Morgan fingerprint density at radius 2 is 1.94 bits per heavy atom. The highest BCUT2D eigenvalue weighted by Crippen LogP contribution is 2.27. The van der Waals surface area contributed by atoms with Crippen LogP contribution in [0.15, 0.2) is 65.1 Å². The highest BCUT2D eigenvalue weighted by molar-refractivity contribution is 7.14. The summed E-state index contributed by atoms with van der Waals surface area (Å²) < 4.78 is 5.26. The number of hydrogen-bond donors (Lipinski definition) is 1. The van der Waals surface area contributed by atoms with Gasteiger partial charge in [0.2, 0.25) is 5.91 Å². The molecule has 0 saturated carbocycles. The number of nitro benzene ring substituents is 1. The van der Waals surface area contributed by atoms with E-state index in [0.717, 1.165) is 16.3 Å². The van der Waals surface area contributed by atoms with E-state index in [2.05, 4.69) is 15.4 Å². The molecule has 0 bridgehead atoms. The first-order valence-corrected chi connectivity index (χ1v) is 11.4. The van der Waals surface area contributed by atoms with Crippen LogP contribution in [0.3, 0.4) is 0 Å². The van der Waals surface area contributed by atoms with Gasteiger partial charge in [-0.05, 0) is 19.1 Å². The summed E-state index contributed by atoms with van der Waals surface area (Å²) in [5, 5.41) is 20.7. The molecule has 2 amide bonds. The Bertz CT molecular complexity index is 1320. The van der Waals surface area contributed by atoms with Gasteiger partial charge >= 0.3 is 5.97 Å². The molecule has 0 radical (unpaired) electrons. The molecule has 3 aromatic rings. The van der Waals surface area contributed by atoms with Gasteiger partial charge < -0.3 is 4.74 Å². The van der Waals surface area contributed by atoms with Crippen molar-refractivity contribution in [2.45, 2.75) is 25.9 Å². The van der Waals surface area contributed by atoms with E-state index in [0.29, 0.717) is 16.9 Å². The van der Waals surface area contributed by atoms with Crippen molar-refractivity contribution in [3.63, 3.8) is 0 Å². The second-order valence-corrected chi connectivity index (χ2v) is 8.33. The predicted molar refractivity (Wildman–Crippen MR) is 129 cm³/mol. The van der Waals surface area contributed by atoms with E-state index >= 15 is 0 Å². The van der Waals surface area contributed by atoms with Gasteiger partial charge in [0.15, 0.2) is 11.2 Å². The van der Waals surface area contributed by atoms with Gasteiger partial charge in [0.1, 0.15) is 5.71 Å². The number of amides is 2. The number of para-hydroxylation sites is 1. The molecule has 1 unspecified atom stereocenters. The third-order valence-corrected chi connectivity index (χ3v) is 5.77. The molecule has 4 rings (SSSR count). The Labute approximate surface area is 203 Å². The molecule has 35 heavy (non-hydrogen) atoms. The van der Waals surface area contributed by atoms with Crippen LogP contribution in [0.2, 0.25) is 0 Å². The second kappa shape index (κ2) is 10.2. The zero-order chi connectivity index (χ0) is 24.9. The molecule has 1 aromatic heterocycles. The molecule has 178 valence electrons. The maximum Gasteiger partial charge on any atom is 0.355 e. The number of anilines is 2. The van der Waals surface area contributed by atoms with Crippen LogP contribution in [0.25, 0.3) is 11.3 Å². The fourth-order valence-electron chi connectivity index (χ4n) is 3.20. The summed E-state index contributed by atoms with van der Waals surface area (Å²) in [7, 11) is 0. The molecule has 1 aliphatic heterocycles. The molecule has 0 spiro atoms. The Morgan fingerprint density at radius 1 is 1.17 bits per heavy atom. The topological polar surface area (TPSA) is 144 Å². The van der Waals surface area contributed by atoms with Gasteiger partial charge in [-0.2, -0.15) is 5.10 Å². The number of carbonyl (C=O) groups excluding carboxylic acids is 3. The molecule has 2 aromatic carbocycles. The lowest BCUT2D eigenvalue weighted by molar-refractivity contribution is -0.384. The van der Waals surface area contributed by atoms with Crippen molar-refractivity contribution in [1.82, 2.24) is 4.98 Å². The molecular weight excluding hydrogens is 474 g/mol. The minimum atomic E-state index is -1.15. The number of nitrogens with zero attached hydrogens (tertiary/aromatic N) is 4. The van der Waals surface area contributed by atoms with E-state index in [-0.39, 0.29) is 35.3 Å². The average molecular weight is 494 g/mol. The highest BCUT2D eigenvalue weighted by Gasteiger charge is 2.29. The monoisotopic (exact) mass is 493 g/mol. The van der Waals surface area contributed by atoms with Gasteiger partial charge in [0.05, 0.1) is 16.3 Å². The number of benzene rings is 2. The quantitative estimate of drug-likeness (QED) is 0.300. The first-order chi connectivity index (χ1) is 16.8. The van der Waals surface area contributed by atoms with Crippen LogP contribution in [-0.4, -0.2) is 39.5 Å². The standard InChI is InChI=1S/C23H19N5O6S/c1-14(34-22(31)18-10-11-20(29)27(26-18)16-7-3-2-4-8-16)21(30)25-23-24-19(13-35-23)15-6-5-9-17(12-15)28(32)33/h2-9,12-14H,10-11H2,1H3,(H,24,25,30). The number of thiazole rings is 1. The number of hydrazone groups is 1. The predicted octanol–water partition coefficient (Wildman–Crippen LogP) is 3.77. The van der Waals surface area contributed by atoms with Gasteiger partial charge in [-0.25, -0.2) is 14.8 Å². The van der Waals surface area contributed by atoms with E-state index in [1.807, 2.05) is 0 Å². The zero-order valence-corrected chi connectivity index (χ0v) is 19.2. The highest BCUT2D eigenvalue weighted by atomic mass is 32.1. The Kier molecular flexibility index (Phi) is 6.92. The van der Waals surface area contributed by atoms with Crippen LogP contribution in [0, 0.1) is 10.1 Å².